The normalized spacial score (nSPS) is 15.0. The molecule has 1 unspecified atom stereocenters. The first-order valence-corrected chi connectivity index (χ1v) is 11.8. The number of carbonyl (C=O) groups excluding carboxylic acids is 1. The molecule has 0 spiro atoms. The third-order valence-corrected chi connectivity index (χ3v) is 6.46. The monoisotopic (exact) mass is 458 g/mol. The second-order valence-electron chi connectivity index (χ2n) is 8.80. The largest absolute Gasteiger partial charge is 0.497 e. The van der Waals surface area contributed by atoms with E-state index in [2.05, 4.69) is 74.6 Å². The predicted octanol–water partition coefficient (Wildman–Crippen LogP) is 4.05. The Balaban J connectivity index is 1.48. The number of anilines is 2. The molecule has 3 aromatic carbocycles. The van der Waals surface area contributed by atoms with Crippen LogP contribution in [0.4, 0.5) is 11.4 Å². The summed E-state index contributed by atoms with van der Waals surface area (Å²) in [5, 5.41) is 3.17. The van der Waals surface area contributed by atoms with Crippen molar-refractivity contribution in [3.05, 3.63) is 90.0 Å². The quantitative estimate of drug-likeness (QED) is 0.552. The van der Waals surface area contributed by atoms with Gasteiger partial charge >= 0.3 is 0 Å². The van der Waals surface area contributed by atoms with Crippen molar-refractivity contribution < 1.29 is 9.53 Å². The summed E-state index contributed by atoms with van der Waals surface area (Å²) in [5.74, 6) is 0.595. The van der Waals surface area contributed by atoms with E-state index in [0.717, 1.165) is 31.9 Å². The Morgan fingerprint density at radius 3 is 2.29 bits per heavy atom. The molecule has 0 saturated carbocycles. The summed E-state index contributed by atoms with van der Waals surface area (Å²) in [4.78, 5) is 19.9. The first-order valence-electron chi connectivity index (χ1n) is 11.8. The molecule has 6 nitrogen and oxygen atoms in total. The third kappa shape index (κ3) is 5.69. The van der Waals surface area contributed by atoms with Crippen LogP contribution in [0.5, 0.6) is 5.75 Å². The van der Waals surface area contributed by atoms with Gasteiger partial charge in [0.2, 0.25) is 0 Å². The Kier molecular flexibility index (Phi) is 7.70. The van der Waals surface area contributed by atoms with Gasteiger partial charge in [0.1, 0.15) is 5.75 Å². The molecule has 1 N–H and O–H groups in total. The molecule has 0 radical (unpaired) electrons. The Hall–Kier alpha value is -3.51. The van der Waals surface area contributed by atoms with E-state index in [4.69, 9.17) is 4.74 Å². The van der Waals surface area contributed by atoms with Gasteiger partial charge < -0.3 is 19.9 Å². The highest BCUT2D eigenvalue weighted by atomic mass is 16.5. The van der Waals surface area contributed by atoms with Crippen molar-refractivity contribution in [3.8, 4) is 5.75 Å². The summed E-state index contributed by atoms with van der Waals surface area (Å²) in [5.41, 5.74) is 4.25. The van der Waals surface area contributed by atoms with E-state index < -0.39 is 0 Å². The van der Waals surface area contributed by atoms with Crippen molar-refractivity contribution in [2.75, 3.05) is 63.7 Å². The molecule has 34 heavy (non-hydrogen) atoms. The number of rotatable bonds is 8. The van der Waals surface area contributed by atoms with Crippen molar-refractivity contribution in [3.63, 3.8) is 0 Å². The Bertz CT molecular complexity index is 1060. The minimum absolute atomic E-state index is 0.0864. The van der Waals surface area contributed by atoms with Crippen LogP contribution in [-0.2, 0) is 0 Å². The van der Waals surface area contributed by atoms with Crippen LogP contribution in [0.3, 0.4) is 0 Å². The van der Waals surface area contributed by atoms with Crippen LogP contribution in [0.15, 0.2) is 78.9 Å². The number of methoxy groups -OCH3 is 1. The highest BCUT2D eigenvalue weighted by Gasteiger charge is 2.26. The lowest BCUT2D eigenvalue weighted by Gasteiger charge is -2.40. The number of amides is 1. The van der Waals surface area contributed by atoms with E-state index in [-0.39, 0.29) is 11.9 Å². The minimum Gasteiger partial charge on any atom is -0.497 e. The standard InChI is InChI=1S/C28H34N4O2/c1-30(2)24-14-12-22(13-15-24)27(21-29-28(33)23-8-7-11-26(20-23)34-3)32-18-16-31(17-19-32)25-9-5-4-6-10-25/h4-15,20,27H,16-19,21H2,1-3H3,(H,29,33). The molecule has 0 aromatic heterocycles. The highest BCUT2D eigenvalue weighted by Crippen LogP contribution is 2.26. The number of para-hydroxylation sites is 1. The summed E-state index contributed by atoms with van der Waals surface area (Å²) in [7, 11) is 5.70. The summed E-state index contributed by atoms with van der Waals surface area (Å²) in [6.45, 7) is 4.33. The molecule has 1 saturated heterocycles. The van der Waals surface area contributed by atoms with Gasteiger partial charge in [-0.25, -0.2) is 0 Å². The Morgan fingerprint density at radius 1 is 0.941 bits per heavy atom. The maximum Gasteiger partial charge on any atom is 0.251 e. The maximum atomic E-state index is 12.9. The topological polar surface area (TPSA) is 48.1 Å². The molecule has 1 fully saturated rings. The second-order valence-corrected chi connectivity index (χ2v) is 8.80. The Labute approximate surface area is 202 Å². The van der Waals surface area contributed by atoms with Crippen LogP contribution in [-0.4, -0.2) is 64.7 Å². The molecule has 1 aliphatic heterocycles. The van der Waals surface area contributed by atoms with E-state index in [1.165, 1.54) is 11.3 Å². The van der Waals surface area contributed by atoms with E-state index >= 15 is 0 Å². The minimum atomic E-state index is -0.0864. The number of carbonyl (C=O) groups is 1. The van der Waals surface area contributed by atoms with Gasteiger partial charge in [-0.15, -0.1) is 0 Å². The van der Waals surface area contributed by atoms with Crippen molar-refractivity contribution in [1.82, 2.24) is 10.2 Å². The summed E-state index contributed by atoms with van der Waals surface area (Å²) < 4.78 is 5.28. The van der Waals surface area contributed by atoms with E-state index in [9.17, 15) is 4.79 Å². The maximum absolute atomic E-state index is 12.9. The molecular weight excluding hydrogens is 424 g/mol. The van der Waals surface area contributed by atoms with Gasteiger partial charge in [-0.2, -0.15) is 0 Å². The molecule has 0 aliphatic carbocycles. The zero-order chi connectivity index (χ0) is 23.9. The number of hydrogen-bond acceptors (Lipinski definition) is 5. The molecule has 1 aliphatic rings. The van der Waals surface area contributed by atoms with Crippen LogP contribution < -0.4 is 19.9 Å². The van der Waals surface area contributed by atoms with Crippen molar-refractivity contribution in [1.29, 1.82) is 0 Å². The van der Waals surface area contributed by atoms with Crippen LogP contribution in [0.1, 0.15) is 22.0 Å². The van der Waals surface area contributed by atoms with Crippen molar-refractivity contribution in [2.45, 2.75) is 6.04 Å². The zero-order valence-corrected chi connectivity index (χ0v) is 20.3. The van der Waals surface area contributed by atoms with E-state index in [0.29, 0.717) is 17.9 Å². The fourth-order valence-electron chi connectivity index (χ4n) is 4.44. The summed E-state index contributed by atoms with van der Waals surface area (Å²) in [6, 6.07) is 26.6. The Morgan fingerprint density at radius 2 is 1.65 bits per heavy atom. The fourth-order valence-corrected chi connectivity index (χ4v) is 4.44. The fraction of sp³-hybridized carbons (Fsp3) is 0.321. The molecule has 1 atom stereocenters. The lowest BCUT2D eigenvalue weighted by atomic mass is 10.0. The van der Waals surface area contributed by atoms with Crippen LogP contribution in [0.2, 0.25) is 0 Å². The van der Waals surface area contributed by atoms with Gasteiger partial charge in [-0.05, 0) is 48.0 Å². The molecule has 6 heteroatoms. The lowest BCUT2D eigenvalue weighted by molar-refractivity contribution is 0.0930. The van der Waals surface area contributed by atoms with Gasteiger partial charge in [-0.3, -0.25) is 9.69 Å². The van der Waals surface area contributed by atoms with Crippen molar-refractivity contribution in [2.24, 2.45) is 0 Å². The highest BCUT2D eigenvalue weighted by molar-refractivity contribution is 5.94. The molecule has 4 rings (SSSR count). The predicted molar refractivity (Wildman–Crippen MR) is 139 cm³/mol. The van der Waals surface area contributed by atoms with Crippen molar-refractivity contribution >= 4 is 17.3 Å². The molecule has 178 valence electrons. The first-order chi connectivity index (χ1) is 16.5. The second kappa shape index (κ2) is 11.1. The van der Waals surface area contributed by atoms with E-state index in [1.54, 1.807) is 13.2 Å². The van der Waals surface area contributed by atoms with Gasteiger partial charge in [0.15, 0.2) is 0 Å². The summed E-state index contributed by atoms with van der Waals surface area (Å²) >= 11 is 0. The molecule has 1 amide bonds. The average molecular weight is 459 g/mol. The van der Waals surface area contributed by atoms with E-state index in [1.807, 2.05) is 32.3 Å². The summed E-state index contributed by atoms with van der Waals surface area (Å²) in [6.07, 6.45) is 0. The first kappa shape index (κ1) is 23.6. The average Bonchev–Trinajstić information content (AvgIpc) is 2.90. The number of nitrogens with one attached hydrogen (secondary N) is 1. The molecule has 1 heterocycles. The van der Waals surface area contributed by atoms with Crippen LogP contribution in [0.25, 0.3) is 0 Å². The number of nitrogens with zero attached hydrogens (tertiary/aromatic N) is 3. The van der Waals surface area contributed by atoms with Gasteiger partial charge in [-0.1, -0.05) is 36.4 Å². The lowest BCUT2D eigenvalue weighted by Crippen LogP contribution is -2.50. The smallest absolute Gasteiger partial charge is 0.251 e. The van der Waals surface area contributed by atoms with Gasteiger partial charge in [0, 0.05) is 63.8 Å². The van der Waals surface area contributed by atoms with Gasteiger partial charge in [0.25, 0.3) is 5.91 Å². The number of benzene rings is 3. The number of hydrogen-bond donors (Lipinski definition) is 1. The SMILES string of the molecule is COc1cccc(C(=O)NCC(c2ccc(N(C)C)cc2)N2CCN(c3ccccc3)CC2)c1. The van der Waals surface area contributed by atoms with Gasteiger partial charge in [0.05, 0.1) is 13.2 Å². The zero-order valence-electron chi connectivity index (χ0n) is 20.3. The molecule has 3 aromatic rings. The van der Waals surface area contributed by atoms with Crippen LogP contribution in [0, 0.1) is 0 Å². The number of ether oxygens (including phenoxy) is 1. The third-order valence-electron chi connectivity index (χ3n) is 6.46. The molecular formula is C28H34N4O2. The number of piperazine rings is 1. The molecule has 0 bridgehead atoms. The van der Waals surface area contributed by atoms with Crippen LogP contribution >= 0.6 is 0 Å².